The molecule has 1 heterocycles. The third-order valence-electron chi connectivity index (χ3n) is 2.80. The highest BCUT2D eigenvalue weighted by Crippen LogP contribution is 2.37. The van der Waals surface area contributed by atoms with Crippen LogP contribution in [-0.2, 0) is 10.6 Å². The third-order valence-corrected chi connectivity index (χ3v) is 3.09. The molecule has 0 amide bonds. The summed E-state index contributed by atoms with van der Waals surface area (Å²) in [7, 11) is 0. The Morgan fingerprint density at radius 3 is 2.82 bits per heavy atom. The van der Waals surface area contributed by atoms with Gasteiger partial charge in [0.2, 0.25) is 0 Å². The van der Waals surface area contributed by atoms with Crippen LogP contribution in [0.2, 0.25) is 0 Å². The van der Waals surface area contributed by atoms with E-state index in [9.17, 15) is 20.0 Å². The quantitative estimate of drug-likeness (QED) is 0.371. The van der Waals surface area contributed by atoms with E-state index in [-0.39, 0.29) is 46.4 Å². The molecule has 1 aromatic heterocycles. The molecular weight excluding hydrogens is 316 g/mol. The van der Waals surface area contributed by atoms with Gasteiger partial charge in [-0.2, -0.15) is 10.3 Å². The van der Waals surface area contributed by atoms with E-state index in [1.165, 1.54) is 0 Å². The molecule has 0 atom stereocenters. The number of phenols is 1. The molecule has 0 radical (unpaired) electrons. The predicted molar refractivity (Wildman–Crippen MR) is 75.7 cm³/mol. The summed E-state index contributed by atoms with van der Waals surface area (Å²) >= 11 is 5.68. The molecule has 0 spiro atoms. The van der Waals surface area contributed by atoms with E-state index in [2.05, 4.69) is 15.4 Å². The van der Waals surface area contributed by atoms with Gasteiger partial charge in [0.25, 0.3) is 5.69 Å². The first-order chi connectivity index (χ1) is 10.5. The number of carbonyl (C=O) groups excluding carboxylic acids is 1. The molecule has 2 aromatic rings. The number of carbonyl (C=O) groups is 1. The number of H-pyrrole nitrogens is 1. The fraction of sp³-hybridized carbons (Fsp3) is 0.250. The van der Waals surface area contributed by atoms with Gasteiger partial charge in [0.05, 0.1) is 23.0 Å². The zero-order chi connectivity index (χ0) is 16.3. The molecule has 0 saturated carbocycles. The molecule has 1 aromatic carbocycles. The molecule has 2 N–H and O–H groups in total. The summed E-state index contributed by atoms with van der Waals surface area (Å²) in [5.41, 5.74) is -0.407. The van der Waals surface area contributed by atoms with Crippen molar-refractivity contribution in [1.29, 1.82) is 0 Å². The largest absolute Gasteiger partial charge is 0.507 e. The first-order valence-electron chi connectivity index (χ1n) is 6.14. The molecule has 2 rings (SSSR count). The van der Waals surface area contributed by atoms with Crippen molar-refractivity contribution in [2.75, 3.05) is 6.61 Å². The maximum absolute atomic E-state index is 11.8. The number of nitrogens with zero attached hydrogens (tertiary/aromatic N) is 3. The average Bonchev–Trinajstić information content (AvgIpc) is 2.96. The monoisotopic (exact) mass is 326 g/mol. The molecule has 0 fully saturated rings. The molecular formula is C12H11ClN4O5. The van der Waals surface area contributed by atoms with Gasteiger partial charge in [0.1, 0.15) is 11.4 Å². The summed E-state index contributed by atoms with van der Waals surface area (Å²) in [5.74, 6) is -1.21. The number of non-ortho nitro benzene ring substituents is 1. The van der Waals surface area contributed by atoms with Crippen molar-refractivity contribution >= 4 is 23.3 Å². The van der Waals surface area contributed by atoms with Crippen LogP contribution < -0.4 is 0 Å². The lowest BCUT2D eigenvalue weighted by atomic mass is 10.0. The van der Waals surface area contributed by atoms with Crippen LogP contribution in [-0.4, -0.2) is 38.0 Å². The number of halogens is 1. The number of hydrogen-bond donors (Lipinski definition) is 2. The van der Waals surface area contributed by atoms with Gasteiger partial charge >= 0.3 is 5.97 Å². The van der Waals surface area contributed by atoms with Crippen molar-refractivity contribution in [1.82, 2.24) is 15.4 Å². The van der Waals surface area contributed by atoms with E-state index in [0.29, 0.717) is 0 Å². The van der Waals surface area contributed by atoms with Crippen LogP contribution in [0, 0.1) is 10.1 Å². The Bertz CT molecular complexity index is 730. The van der Waals surface area contributed by atoms with Crippen LogP contribution in [0.1, 0.15) is 23.0 Å². The van der Waals surface area contributed by atoms with Gasteiger partial charge in [-0.3, -0.25) is 10.1 Å². The number of nitrogens with one attached hydrogen (secondary N) is 1. The van der Waals surface area contributed by atoms with E-state index < -0.39 is 10.9 Å². The lowest BCUT2D eigenvalue weighted by molar-refractivity contribution is -0.384. The summed E-state index contributed by atoms with van der Waals surface area (Å²) < 4.78 is 4.82. The highest BCUT2D eigenvalue weighted by Gasteiger charge is 2.25. The van der Waals surface area contributed by atoms with E-state index in [1.807, 2.05) is 0 Å². The number of benzene rings is 1. The number of esters is 1. The Morgan fingerprint density at radius 1 is 1.50 bits per heavy atom. The van der Waals surface area contributed by atoms with Crippen molar-refractivity contribution in [3.8, 4) is 17.0 Å². The first kappa shape index (κ1) is 15.7. The molecule has 0 aliphatic rings. The number of ether oxygens (including phenoxy) is 1. The van der Waals surface area contributed by atoms with Gasteiger partial charge in [-0.05, 0) is 6.92 Å². The zero-order valence-corrected chi connectivity index (χ0v) is 12.1. The highest BCUT2D eigenvalue weighted by molar-refractivity contribution is 6.17. The Morgan fingerprint density at radius 2 is 2.23 bits per heavy atom. The van der Waals surface area contributed by atoms with Gasteiger partial charge in [0, 0.05) is 17.7 Å². The van der Waals surface area contributed by atoms with Crippen molar-refractivity contribution in [3.05, 3.63) is 33.5 Å². The number of aromatic amines is 1. The van der Waals surface area contributed by atoms with Crippen molar-refractivity contribution in [3.63, 3.8) is 0 Å². The highest BCUT2D eigenvalue weighted by atomic mass is 35.5. The van der Waals surface area contributed by atoms with Crippen LogP contribution in [0.4, 0.5) is 5.69 Å². The number of nitro groups is 1. The van der Waals surface area contributed by atoms with Gasteiger partial charge in [-0.1, -0.05) is 0 Å². The maximum atomic E-state index is 11.8. The molecule has 0 aliphatic carbocycles. The minimum atomic E-state index is -0.760. The number of aromatic nitrogens is 3. The smallest absolute Gasteiger partial charge is 0.361 e. The molecule has 0 bridgehead atoms. The maximum Gasteiger partial charge on any atom is 0.361 e. The lowest BCUT2D eigenvalue weighted by Gasteiger charge is -2.07. The normalized spacial score (nSPS) is 10.5. The number of nitro benzene ring substituents is 1. The molecule has 0 aliphatic heterocycles. The van der Waals surface area contributed by atoms with Gasteiger partial charge in [-0.25, -0.2) is 4.79 Å². The lowest BCUT2D eigenvalue weighted by Crippen LogP contribution is -2.07. The number of phenolic OH excluding ortho intramolecular Hbond substituents is 1. The number of alkyl halides is 1. The average molecular weight is 327 g/mol. The van der Waals surface area contributed by atoms with E-state index in [4.69, 9.17) is 16.3 Å². The van der Waals surface area contributed by atoms with Gasteiger partial charge in [-0.15, -0.1) is 16.7 Å². The summed E-state index contributed by atoms with van der Waals surface area (Å²) in [4.78, 5) is 22.1. The van der Waals surface area contributed by atoms with Crippen molar-refractivity contribution in [2.24, 2.45) is 0 Å². The molecule has 0 saturated heterocycles. The SMILES string of the molecule is CCOC(=O)c1n[nH]nc1-c1cc([N+](=O)[O-])cc(CCl)c1O. The van der Waals surface area contributed by atoms with Crippen LogP contribution >= 0.6 is 11.6 Å². The molecule has 22 heavy (non-hydrogen) atoms. The second-order valence-electron chi connectivity index (χ2n) is 4.13. The van der Waals surface area contributed by atoms with E-state index in [0.717, 1.165) is 12.1 Å². The van der Waals surface area contributed by atoms with Crippen molar-refractivity contribution < 1.29 is 19.6 Å². The number of aromatic hydroxyl groups is 1. The fourth-order valence-corrected chi connectivity index (χ4v) is 2.03. The molecule has 10 heteroatoms. The van der Waals surface area contributed by atoms with Crippen LogP contribution in [0.3, 0.4) is 0 Å². The summed E-state index contributed by atoms with van der Waals surface area (Å²) in [6.07, 6.45) is 0. The summed E-state index contributed by atoms with van der Waals surface area (Å²) in [6.45, 7) is 1.74. The molecule has 0 unspecified atom stereocenters. The van der Waals surface area contributed by atoms with E-state index in [1.54, 1.807) is 6.92 Å². The minimum absolute atomic E-state index is 0.0262. The Balaban J connectivity index is 2.62. The fourth-order valence-electron chi connectivity index (χ4n) is 1.83. The second kappa shape index (κ2) is 6.39. The number of hydrogen-bond acceptors (Lipinski definition) is 7. The molecule has 9 nitrogen and oxygen atoms in total. The zero-order valence-electron chi connectivity index (χ0n) is 11.4. The summed E-state index contributed by atoms with van der Waals surface area (Å²) in [5, 5.41) is 30.8. The van der Waals surface area contributed by atoms with Gasteiger partial charge in [0.15, 0.2) is 5.69 Å². The Kier molecular flexibility index (Phi) is 4.56. The van der Waals surface area contributed by atoms with Crippen molar-refractivity contribution in [2.45, 2.75) is 12.8 Å². The Hall–Kier alpha value is -2.68. The summed E-state index contributed by atoms with van der Waals surface area (Å²) in [6, 6.07) is 2.24. The Labute approximate surface area is 129 Å². The second-order valence-corrected chi connectivity index (χ2v) is 4.40. The first-order valence-corrected chi connectivity index (χ1v) is 6.67. The number of rotatable bonds is 5. The predicted octanol–water partition coefficient (Wildman–Crippen LogP) is 2.00. The van der Waals surface area contributed by atoms with Crippen LogP contribution in [0.25, 0.3) is 11.3 Å². The van der Waals surface area contributed by atoms with E-state index >= 15 is 0 Å². The standard InChI is InChI=1S/C12H11ClN4O5/c1-2-22-12(19)10-9(14-16-15-10)8-4-7(17(20)21)3-6(5-13)11(8)18/h3-4,18H,2,5H2,1H3,(H,14,15,16). The van der Waals surface area contributed by atoms with Crippen LogP contribution in [0.15, 0.2) is 12.1 Å². The van der Waals surface area contributed by atoms with Crippen LogP contribution in [0.5, 0.6) is 5.75 Å². The topological polar surface area (TPSA) is 131 Å². The van der Waals surface area contributed by atoms with Gasteiger partial charge < -0.3 is 9.84 Å². The molecule has 116 valence electrons. The third kappa shape index (κ3) is 2.84. The minimum Gasteiger partial charge on any atom is -0.507 e.